The average Bonchev–Trinajstić information content (AvgIpc) is 3.10. The average molecular weight is 461 g/mol. The van der Waals surface area contributed by atoms with Gasteiger partial charge in [-0.15, -0.1) is 0 Å². The Morgan fingerprint density at radius 3 is 2.52 bits per heavy atom. The van der Waals surface area contributed by atoms with Gasteiger partial charge in [0.15, 0.2) is 0 Å². The van der Waals surface area contributed by atoms with Crippen LogP contribution in [0.3, 0.4) is 0 Å². The van der Waals surface area contributed by atoms with Crippen LogP contribution in [-0.2, 0) is 23.9 Å². The molecule has 6 unspecified atom stereocenters. The molecule has 0 aromatic heterocycles. The molecule has 1 fully saturated rings. The maximum atomic E-state index is 13.0. The van der Waals surface area contributed by atoms with Crippen molar-refractivity contribution in [2.45, 2.75) is 96.9 Å². The molecule has 0 radical (unpaired) electrons. The third kappa shape index (κ3) is 3.87. The molecule has 0 aromatic carbocycles. The summed E-state index contributed by atoms with van der Waals surface area (Å²) in [6.45, 7) is 5.84. The molecular formula is C26H36O7. The molecule has 4 rings (SSSR count). The van der Waals surface area contributed by atoms with Crippen molar-refractivity contribution in [3.05, 3.63) is 22.8 Å². The van der Waals surface area contributed by atoms with Crippen molar-refractivity contribution in [3.63, 3.8) is 0 Å². The van der Waals surface area contributed by atoms with E-state index >= 15 is 0 Å². The zero-order valence-electron chi connectivity index (χ0n) is 19.9. The minimum absolute atomic E-state index is 0.00980. The van der Waals surface area contributed by atoms with E-state index in [2.05, 4.69) is 6.92 Å². The van der Waals surface area contributed by atoms with Crippen LogP contribution in [0.15, 0.2) is 22.8 Å². The molecular weight excluding hydrogens is 424 g/mol. The lowest BCUT2D eigenvalue weighted by atomic mass is 9.62. The monoisotopic (exact) mass is 460 g/mol. The second-order valence-electron chi connectivity index (χ2n) is 10.4. The second kappa shape index (κ2) is 8.99. The Balaban J connectivity index is 1.79. The highest BCUT2D eigenvalue weighted by Gasteiger charge is 2.70. The topological polar surface area (TPSA) is 110 Å². The van der Waals surface area contributed by atoms with E-state index in [1.54, 1.807) is 6.92 Å². The van der Waals surface area contributed by atoms with Gasteiger partial charge in [-0.25, -0.2) is 9.59 Å². The quantitative estimate of drug-likeness (QED) is 0.221. The van der Waals surface area contributed by atoms with Crippen LogP contribution in [0.4, 0.5) is 0 Å². The maximum absolute atomic E-state index is 13.0. The number of hydrogen-bond acceptors (Lipinski definition) is 7. The molecule has 0 saturated carbocycles. The summed E-state index contributed by atoms with van der Waals surface area (Å²) < 4.78 is 10.6. The van der Waals surface area contributed by atoms with E-state index in [0.29, 0.717) is 24.8 Å². The number of ether oxygens (including phenoxy) is 2. The molecule has 2 aliphatic carbocycles. The second-order valence-corrected chi connectivity index (χ2v) is 10.4. The molecule has 4 aliphatic rings. The van der Waals surface area contributed by atoms with E-state index in [1.807, 2.05) is 13.0 Å². The van der Waals surface area contributed by atoms with Crippen LogP contribution in [0.5, 0.6) is 0 Å². The zero-order chi connectivity index (χ0) is 24.0. The first-order valence-corrected chi connectivity index (χ1v) is 12.5. The first-order chi connectivity index (χ1) is 15.7. The fourth-order valence-corrected chi connectivity index (χ4v) is 6.42. The lowest BCUT2D eigenvalue weighted by molar-refractivity contribution is -0.205. The summed E-state index contributed by atoms with van der Waals surface area (Å²) >= 11 is 0. The Labute approximate surface area is 195 Å². The van der Waals surface area contributed by atoms with Gasteiger partial charge in [0, 0.05) is 5.57 Å². The number of rotatable bonds is 10. The number of aliphatic hydroxyl groups excluding tert-OH is 1. The molecule has 7 nitrogen and oxygen atoms in total. The van der Waals surface area contributed by atoms with E-state index in [9.17, 15) is 24.6 Å². The lowest BCUT2D eigenvalue weighted by Gasteiger charge is -2.44. The number of carbonyl (C=O) groups excluding carboxylic acids is 3. The van der Waals surface area contributed by atoms with Gasteiger partial charge in [0.1, 0.15) is 0 Å². The molecule has 0 aromatic rings. The molecule has 2 aliphatic heterocycles. The Morgan fingerprint density at radius 1 is 1.06 bits per heavy atom. The van der Waals surface area contributed by atoms with Gasteiger partial charge in [-0.3, -0.25) is 4.79 Å². The Bertz CT molecular complexity index is 902. The number of allylic oxidation sites excluding steroid dienone is 1. The smallest absolute Gasteiger partial charge is 0.343 e. The Morgan fingerprint density at radius 2 is 1.82 bits per heavy atom. The van der Waals surface area contributed by atoms with Crippen LogP contribution < -0.4 is 0 Å². The van der Waals surface area contributed by atoms with Crippen molar-refractivity contribution < 1.29 is 34.1 Å². The summed E-state index contributed by atoms with van der Waals surface area (Å²) in [5.74, 6) is -5.06. The fraction of sp³-hybridized carbons (Fsp3) is 0.731. The van der Waals surface area contributed by atoms with E-state index in [4.69, 9.17) is 9.47 Å². The summed E-state index contributed by atoms with van der Waals surface area (Å²) in [6, 6.07) is 0. The molecule has 7 heteroatoms. The van der Waals surface area contributed by atoms with E-state index in [0.717, 1.165) is 38.5 Å². The highest BCUT2D eigenvalue weighted by atomic mass is 16.7. The van der Waals surface area contributed by atoms with Crippen molar-refractivity contribution in [1.29, 1.82) is 0 Å². The van der Waals surface area contributed by atoms with Crippen molar-refractivity contribution in [1.82, 2.24) is 0 Å². The maximum Gasteiger partial charge on any atom is 0.343 e. The minimum Gasteiger partial charge on any atom is -0.428 e. The molecule has 2 N–H and O–H groups in total. The van der Waals surface area contributed by atoms with Gasteiger partial charge in [0.25, 0.3) is 0 Å². The predicted octanol–water partition coefficient (Wildman–Crippen LogP) is 3.72. The Kier molecular flexibility index (Phi) is 6.58. The molecule has 1 saturated heterocycles. The van der Waals surface area contributed by atoms with Crippen LogP contribution >= 0.6 is 0 Å². The first kappa shape index (κ1) is 24.1. The molecule has 4 bridgehead atoms. The van der Waals surface area contributed by atoms with Crippen LogP contribution in [-0.4, -0.2) is 40.0 Å². The lowest BCUT2D eigenvalue weighted by Crippen LogP contribution is -2.50. The van der Waals surface area contributed by atoms with Crippen LogP contribution in [0, 0.1) is 23.2 Å². The van der Waals surface area contributed by atoms with Crippen LogP contribution in [0.1, 0.15) is 85.0 Å². The number of aliphatic hydroxyl groups is 2. The molecule has 0 spiro atoms. The third-order valence-corrected chi connectivity index (χ3v) is 8.12. The number of fused-ring (bicyclic) bond motifs is 1. The molecule has 2 heterocycles. The summed E-state index contributed by atoms with van der Waals surface area (Å²) in [5, 5.41) is 22.2. The van der Waals surface area contributed by atoms with Gasteiger partial charge in [-0.1, -0.05) is 52.0 Å². The van der Waals surface area contributed by atoms with Crippen molar-refractivity contribution in [2.75, 3.05) is 0 Å². The summed E-state index contributed by atoms with van der Waals surface area (Å²) in [5.41, 5.74) is -0.374. The van der Waals surface area contributed by atoms with Crippen molar-refractivity contribution in [2.24, 2.45) is 23.2 Å². The summed E-state index contributed by atoms with van der Waals surface area (Å²) in [7, 11) is 0. The highest BCUT2D eigenvalue weighted by Crippen LogP contribution is 2.62. The number of cyclic esters (lactones) is 2. The van der Waals surface area contributed by atoms with Gasteiger partial charge in [0.2, 0.25) is 5.79 Å². The summed E-state index contributed by atoms with van der Waals surface area (Å²) in [4.78, 5) is 38.4. The first-order valence-electron chi connectivity index (χ1n) is 12.5. The summed E-state index contributed by atoms with van der Waals surface area (Å²) in [6.07, 6.45) is 9.22. The van der Waals surface area contributed by atoms with E-state index in [-0.39, 0.29) is 29.4 Å². The van der Waals surface area contributed by atoms with Crippen molar-refractivity contribution >= 4 is 17.9 Å². The third-order valence-electron chi connectivity index (χ3n) is 8.12. The SMILES string of the molecule is CCCCCCC1C(CCC(O)CCC)C=C2C3(C)CC4=C(C(=O)OC4=O)C1C2(O)OC3=O. The van der Waals surface area contributed by atoms with Gasteiger partial charge in [0.05, 0.1) is 28.6 Å². The molecule has 6 atom stereocenters. The zero-order valence-corrected chi connectivity index (χ0v) is 19.9. The van der Waals surface area contributed by atoms with Gasteiger partial charge >= 0.3 is 17.9 Å². The van der Waals surface area contributed by atoms with E-state index < -0.39 is 41.1 Å². The number of esters is 3. The van der Waals surface area contributed by atoms with Crippen molar-refractivity contribution in [3.8, 4) is 0 Å². The standard InChI is InChI=1S/C26H36O7/c1-4-6-7-8-10-17-15(11-12-16(27)9-5-2)13-19-25(3)14-18-20(23(29)32-22(18)28)21(17)26(19,31)33-24(25)30/h13,15-17,21,27,31H,4-12,14H2,1-3H3. The highest BCUT2D eigenvalue weighted by molar-refractivity contribution is 6.14. The normalized spacial score (nSPS) is 35.7. The fourth-order valence-electron chi connectivity index (χ4n) is 6.42. The van der Waals surface area contributed by atoms with Gasteiger partial charge < -0.3 is 19.7 Å². The largest absolute Gasteiger partial charge is 0.428 e. The number of hydrogen-bond donors (Lipinski definition) is 2. The van der Waals surface area contributed by atoms with Gasteiger partial charge in [-0.2, -0.15) is 0 Å². The van der Waals surface area contributed by atoms with Crippen LogP contribution in [0.2, 0.25) is 0 Å². The molecule has 0 amide bonds. The van der Waals surface area contributed by atoms with E-state index in [1.165, 1.54) is 0 Å². The Hall–Kier alpha value is -1.99. The minimum atomic E-state index is -1.94. The van der Waals surface area contributed by atoms with Crippen LogP contribution in [0.25, 0.3) is 0 Å². The molecule has 33 heavy (non-hydrogen) atoms. The predicted molar refractivity (Wildman–Crippen MR) is 119 cm³/mol. The number of unbranched alkanes of at least 4 members (excludes halogenated alkanes) is 3. The molecule has 182 valence electrons. The van der Waals surface area contributed by atoms with Gasteiger partial charge in [-0.05, 0) is 50.9 Å². The number of carbonyl (C=O) groups is 3.